The minimum atomic E-state index is 0.729. The van der Waals surface area contributed by atoms with Crippen molar-refractivity contribution < 1.29 is 0 Å². The predicted molar refractivity (Wildman–Crippen MR) is 80.1 cm³/mol. The van der Waals surface area contributed by atoms with Crippen molar-refractivity contribution in [3.05, 3.63) is 42.1 Å². The van der Waals surface area contributed by atoms with Crippen LogP contribution >= 0.6 is 0 Å². The van der Waals surface area contributed by atoms with E-state index >= 15 is 0 Å². The van der Waals surface area contributed by atoms with Crippen LogP contribution in [0.4, 0.5) is 0 Å². The summed E-state index contributed by atoms with van der Waals surface area (Å²) in [6.07, 6.45) is 7.68. The second-order valence-electron chi connectivity index (χ2n) is 6.30. The van der Waals surface area contributed by atoms with E-state index in [0.717, 1.165) is 30.1 Å². The number of aromatic nitrogens is 2. The maximum absolute atomic E-state index is 4.23. The first kappa shape index (κ1) is 12.2. The highest BCUT2D eigenvalue weighted by molar-refractivity contribution is 5.62. The minimum absolute atomic E-state index is 0.729. The van der Waals surface area contributed by atoms with E-state index in [-0.39, 0.29) is 0 Å². The zero-order chi connectivity index (χ0) is 13.4. The van der Waals surface area contributed by atoms with Crippen LogP contribution in [0, 0.1) is 11.8 Å². The molecule has 1 aromatic carbocycles. The maximum Gasteiger partial charge on any atom is 0.0695 e. The Balaban J connectivity index is 1.46. The first-order valence-electron chi connectivity index (χ1n) is 7.71. The van der Waals surface area contributed by atoms with E-state index in [1.807, 2.05) is 12.3 Å². The average Bonchev–Trinajstić information content (AvgIpc) is 3.22. The lowest BCUT2D eigenvalue weighted by molar-refractivity contribution is 0.351. The van der Waals surface area contributed by atoms with Gasteiger partial charge >= 0.3 is 0 Å². The van der Waals surface area contributed by atoms with Gasteiger partial charge in [-0.1, -0.05) is 36.8 Å². The van der Waals surface area contributed by atoms with Gasteiger partial charge in [0.25, 0.3) is 0 Å². The number of rotatable bonds is 4. The molecule has 1 heterocycles. The lowest BCUT2D eigenvalue weighted by Crippen LogP contribution is -2.33. The van der Waals surface area contributed by atoms with Crippen molar-refractivity contribution in [2.24, 2.45) is 11.8 Å². The molecule has 3 atom stereocenters. The zero-order valence-electron chi connectivity index (χ0n) is 11.7. The predicted octanol–water partition coefficient (Wildman–Crippen LogP) is 3.35. The van der Waals surface area contributed by atoms with Gasteiger partial charge in [0.2, 0.25) is 0 Å². The zero-order valence-corrected chi connectivity index (χ0v) is 11.7. The van der Waals surface area contributed by atoms with Crippen molar-refractivity contribution in [1.29, 1.82) is 0 Å². The highest BCUT2D eigenvalue weighted by atomic mass is 15.1. The Morgan fingerprint density at radius 1 is 1.15 bits per heavy atom. The van der Waals surface area contributed by atoms with E-state index in [0.29, 0.717) is 0 Å². The molecule has 4 rings (SSSR count). The quantitative estimate of drug-likeness (QED) is 0.892. The van der Waals surface area contributed by atoms with E-state index in [2.05, 4.69) is 39.8 Å². The number of H-pyrrole nitrogens is 1. The standard InChI is InChI=1S/C17H21N3/c1-2-4-13(5-3-1)17-15(11-19-20-17)10-18-16-9-12-6-7-14(16)8-12/h1-5,11-12,14,16,18H,6-10H2,(H,19,20). The molecule has 2 fully saturated rings. The fraction of sp³-hybridized carbons (Fsp3) is 0.471. The van der Waals surface area contributed by atoms with Crippen molar-refractivity contribution >= 4 is 0 Å². The van der Waals surface area contributed by atoms with Crippen LogP contribution in [-0.4, -0.2) is 16.2 Å². The average molecular weight is 267 g/mol. The molecule has 2 aliphatic carbocycles. The number of hydrogen-bond acceptors (Lipinski definition) is 2. The van der Waals surface area contributed by atoms with E-state index in [9.17, 15) is 0 Å². The van der Waals surface area contributed by atoms with Gasteiger partial charge in [-0.3, -0.25) is 5.10 Å². The maximum atomic E-state index is 4.23. The van der Waals surface area contributed by atoms with Gasteiger partial charge in [0.05, 0.1) is 11.9 Å². The molecule has 0 spiro atoms. The molecular weight excluding hydrogens is 246 g/mol. The molecule has 104 valence electrons. The highest BCUT2D eigenvalue weighted by Gasteiger charge is 2.39. The Hall–Kier alpha value is -1.61. The summed E-state index contributed by atoms with van der Waals surface area (Å²) in [5.41, 5.74) is 3.65. The van der Waals surface area contributed by atoms with Gasteiger partial charge in [0.15, 0.2) is 0 Å². The molecule has 1 aromatic heterocycles. The molecule has 0 radical (unpaired) electrons. The second-order valence-corrected chi connectivity index (χ2v) is 6.30. The molecule has 20 heavy (non-hydrogen) atoms. The SMILES string of the molecule is c1ccc(-c2[nH]ncc2CNC2CC3CCC2C3)cc1. The fourth-order valence-electron chi connectivity index (χ4n) is 4.04. The molecule has 3 heteroatoms. The fourth-order valence-corrected chi connectivity index (χ4v) is 4.04. The molecule has 2 saturated carbocycles. The lowest BCUT2D eigenvalue weighted by atomic mass is 9.95. The van der Waals surface area contributed by atoms with Crippen LogP contribution in [0.25, 0.3) is 11.3 Å². The number of aromatic amines is 1. The first-order chi connectivity index (χ1) is 9.90. The van der Waals surface area contributed by atoms with E-state index in [4.69, 9.17) is 0 Å². The van der Waals surface area contributed by atoms with Crippen LogP contribution in [0.3, 0.4) is 0 Å². The summed E-state index contributed by atoms with van der Waals surface area (Å²) in [4.78, 5) is 0. The van der Waals surface area contributed by atoms with Crippen molar-refractivity contribution in [1.82, 2.24) is 15.5 Å². The molecule has 3 nitrogen and oxygen atoms in total. The summed E-state index contributed by atoms with van der Waals surface area (Å²) in [6.45, 7) is 0.925. The third kappa shape index (κ3) is 2.16. The largest absolute Gasteiger partial charge is 0.309 e. The molecule has 2 bridgehead atoms. The molecule has 2 N–H and O–H groups in total. The smallest absolute Gasteiger partial charge is 0.0695 e. The third-order valence-corrected chi connectivity index (χ3v) is 5.07. The molecular formula is C17H21N3. The Morgan fingerprint density at radius 3 is 2.80 bits per heavy atom. The van der Waals surface area contributed by atoms with Crippen LogP contribution in [0.15, 0.2) is 36.5 Å². The molecule has 2 aromatic rings. The highest BCUT2D eigenvalue weighted by Crippen LogP contribution is 2.44. The van der Waals surface area contributed by atoms with Crippen LogP contribution in [0.1, 0.15) is 31.2 Å². The Bertz CT molecular complexity index is 575. The van der Waals surface area contributed by atoms with Crippen molar-refractivity contribution in [3.63, 3.8) is 0 Å². The number of nitrogens with zero attached hydrogens (tertiary/aromatic N) is 1. The van der Waals surface area contributed by atoms with Gasteiger partial charge < -0.3 is 5.32 Å². The van der Waals surface area contributed by atoms with Crippen LogP contribution in [-0.2, 0) is 6.54 Å². The monoisotopic (exact) mass is 267 g/mol. The van der Waals surface area contributed by atoms with E-state index in [1.165, 1.54) is 36.8 Å². The summed E-state index contributed by atoms with van der Waals surface area (Å²) in [6, 6.07) is 11.2. The molecule has 2 aliphatic rings. The van der Waals surface area contributed by atoms with Gasteiger partial charge in [0, 0.05) is 18.2 Å². The van der Waals surface area contributed by atoms with Gasteiger partial charge in [-0.05, 0) is 36.7 Å². The number of fused-ring (bicyclic) bond motifs is 2. The topological polar surface area (TPSA) is 40.7 Å². The summed E-state index contributed by atoms with van der Waals surface area (Å²) in [7, 11) is 0. The summed E-state index contributed by atoms with van der Waals surface area (Å²) in [5, 5.41) is 11.1. The van der Waals surface area contributed by atoms with E-state index < -0.39 is 0 Å². The Morgan fingerprint density at radius 2 is 2.05 bits per heavy atom. The number of benzene rings is 1. The lowest BCUT2D eigenvalue weighted by Gasteiger charge is -2.22. The summed E-state index contributed by atoms with van der Waals surface area (Å²) < 4.78 is 0. The van der Waals surface area contributed by atoms with Crippen molar-refractivity contribution in [3.8, 4) is 11.3 Å². The normalized spacial score (nSPS) is 28.1. The van der Waals surface area contributed by atoms with Crippen molar-refractivity contribution in [2.45, 2.75) is 38.3 Å². The number of nitrogens with one attached hydrogen (secondary N) is 2. The minimum Gasteiger partial charge on any atom is -0.309 e. The summed E-state index contributed by atoms with van der Waals surface area (Å²) >= 11 is 0. The van der Waals surface area contributed by atoms with Gasteiger partial charge in [-0.15, -0.1) is 0 Å². The Kier molecular flexibility index (Phi) is 3.07. The van der Waals surface area contributed by atoms with Gasteiger partial charge in [0.1, 0.15) is 0 Å². The molecule has 3 unspecified atom stereocenters. The molecule has 0 saturated heterocycles. The first-order valence-corrected chi connectivity index (χ1v) is 7.71. The second kappa shape index (κ2) is 5.06. The molecule has 0 aliphatic heterocycles. The third-order valence-electron chi connectivity index (χ3n) is 5.07. The summed E-state index contributed by atoms with van der Waals surface area (Å²) in [5.74, 6) is 1.92. The van der Waals surface area contributed by atoms with Crippen LogP contribution < -0.4 is 5.32 Å². The molecule has 0 amide bonds. The van der Waals surface area contributed by atoms with Gasteiger partial charge in [-0.2, -0.15) is 5.10 Å². The van der Waals surface area contributed by atoms with Crippen LogP contribution in [0.5, 0.6) is 0 Å². The van der Waals surface area contributed by atoms with Crippen molar-refractivity contribution in [2.75, 3.05) is 0 Å². The van der Waals surface area contributed by atoms with E-state index in [1.54, 1.807) is 0 Å². The van der Waals surface area contributed by atoms with Crippen LogP contribution in [0.2, 0.25) is 0 Å². The number of hydrogen-bond donors (Lipinski definition) is 2. The Labute approximate surface area is 119 Å². The van der Waals surface area contributed by atoms with Gasteiger partial charge in [-0.25, -0.2) is 0 Å².